The molecule has 20 heavy (non-hydrogen) atoms. The van der Waals surface area contributed by atoms with Crippen molar-refractivity contribution in [1.82, 2.24) is 4.98 Å². The van der Waals surface area contributed by atoms with E-state index in [9.17, 15) is 4.79 Å². The Kier molecular flexibility index (Phi) is 2.74. The summed E-state index contributed by atoms with van der Waals surface area (Å²) < 4.78 is 5.71. The SMILES string of the molecule is Cc1cc2c(=O)c3cc(C(C)C)ccc3oc2nc1N. The highest BCUT2D eigenvalue weighted by Gasteiger charge is 2.12. The summed E-state index contributed by atoms with van der Waals surface area (Å²) in [6.07, 6.45) is 0. The third-order valence-electron chi connectivity index (χ3n) is 3.58. The first-order chi connectivity index (χ1) is 9.47. The molecule has 0 atom stereocenters. The van der Waals surface area contributed by atoms with E-state index < -0.39 is 0 Å². The van der Waals surface area contributed by atoms with Crippen LogP contribution in [0.15, 0.2) is 33.5 Å². The second-order valence-electron chi connectivity index (χ2n) is 5.38. The predicted octanol–water partition coefficient (Wildman–Crippen LogP) is 3.36. The van der Waals surface area contributed by atoms with Crippen LogP contribution in [0.25, 0.3) is 22.1 Å². The fourth-order valence-electron chi connectivity index (χ4n) is 2.27. The summed E-state index contributed by atoms with van der Waals surface area (Å²) in [5, 5.41) is 1.07. The van der Waals surface area contributed by atoms with E-state index in [0.717, 1.165) is 11.1 Å². The second-order valence-corrected chi connectivity index (χ2v) is 5.38. The number of hydrogen-bond acceptors (Lipinski definition) is 4. The minimum atomic E-state index is -0.0562. The van der Waals surface area contributed by atoms with Gasteiger partial charge < -0.3 is 10.2 Å². The third-order valence-corrected chi connectivity index (χ3v) is 3.58. The number of benzene rings is 1. The Labute approximate surface area is 116 Å². The number of rotatable bonds is 1. The molecule has 0 radical (unpaired) electrons. The monoisotopic (exact) mass is 268 g/mol. The van der Waals surface area contributed by atoms with Crippen LogP contribution in [0.3, 0.4) is 0 Å². The van der Waals surface area contributed by atoms with Crippen LogP contribution in [0.1, 0.15) is 30.9 Å². The molecule has 0 saturated heterocycles. The van der Waals surface area contributed by atoms with Gasteiger partial charge in [0, 0.05) is 0 Å². The molecule has 0 bridgehead atoms. The molecule has 2 N–H and O–H groups in total. The van der Waals surface area contributed by atoms with E-state index in [4.69, 9.17) is 10.2 Å². The molecule has 0 unspecified atom stereocenters. The first kappa shape index (κ1) is 12.7. The third kappa shape index (κ3) is 1.84. The molecular weight excluding hydrogens is 252 g/mol. The Morgan fingerprint density at radius 1 is 1.20 bits per heavy atom. The number of aryl methyl sites for hydroxylation is 1. The predicted molar refractivity (Wildman–Crippen MR) is 81.0 cm³/mol. The summed E-state index contributed by atoms with van der Waals surface area (Å²) in [4.78, 5) is 16.7. The van der Waals surface area contributed by atoms with Gasteiger partial charge in [-0.25, -0.2) is 0 Å². The van der Waals surface area contributed by atoms with Crippen molar-refractivity contribution in [3.8, 4) is 0 Å². The van der Waals surface area contributed by atoms with Crippen molar-refractivity contribution in [2.45, 2.75) is 26.7 Å². The van der Waals surface area contributed by atoms with Crippen LogP contribution in [0, 0.1) is 6.92 Å². The van der Waals surface area contributed by atoms with Gasteiger partial charge in [0.1, 0.15) is 11.4 Å². The molecule has 2 heterocycles. The summed E-state index contributed by atoms with van der Waals surface area (Å²) in [5.41, 5.74) is 8.45. The van der Waals surface area contributed by atoms with Gasteiger partial charge in [-0.3, -0.25) is 4.79 Å². The molecule has 0 spiro atoms. The zero-order valence-corrected chi connectivity index (χ0v) is 11.7. The Morgan fingerprint density at radius 2 is 1.95 bits per heavy atom. The van der Waals surface area contributed by atoms with Crippen molar-refractivity contribution in [1.29, 1.82) is 0 Å². The van der Waals surface area contributed by atoms with Crippen molar-refractivity contribution < 1.29 is 4.42 Å². The minimum Gasteiger partial charge on any atom is -0.437 e. The normalized spacial score (nSPS) is 11.6. The van der Waals surface area contributed by atoms with Gasteiger partial charge in [-0.2, -0.15) is 4.98 Å². The van der Waals surface area contributed by atoms with Crippen molar-refractivity contribution in [3.05, 3.63) is 45.6 Å². The van der Waals surface area contributed by atoms with Crippen molar-refractivity contribution in [2.24, 2.45) is 0 Å². The van der Waals surface area contributed by atoms with Gasteiger partial charge in [-0.15, -0.1) is 0 Å². The highest BCUT2D eigenvalue weighted by atomic mass is 16.3. The lowest BCUT2D eigenvalue weighted by Crippen LogP contribution is -2.06. The summed E-state index contributed by atoms with van der Waals surface area (Å²) in [5.74, 6) is 0.750. The van der Waals surface area contributed by atoms with Crippen LogP contribution in [0.5, 0.6) is 0 Å². The van der Waals surface area contributed by atoms with Gasteiger partial charge in [-0.05, 0) is 42.2 Å². The van der Waals surface area contributed by atoms with Crippen LogP contribution in [-0.2, 0) is 0 Å². The van der Waals surface area contributed by atoms with Crippen molar-refractivity contribution in [3.63, 3.8) is 0 Å². The molecular formula is C16H16N2O2. The zero-order valence-electron chi connectivity index (χ0n) is 11.7. The molecule has 0 aliphatic heterocycles. The van der Waals surface area contributed by atoms with Crippen LogP contribution in [-0.4, -0.2) is 4.98 Å². The molecule has 3 aromatic rings. The zero-order chi connectivity index (χ0) is 14.4. The number of nitrogens with zero attached hydrogens (tertiary/aromatic N) is 1. The molecule has 0 aliphatic rings. The van der Waals surface area contributed by atoms with Crippen LogP contribution in [0.4, 0.5) is 5.82 Å². The van der Waals surface area contributed by atoms with Crippen LogP contribution >= 0.6 is 0 Å². The second kappa shape index (κ2) is 4.34. The van der Waals surface area contributed by atoms with E-state index in [1.54, 1.807) is 6.07 Å². The summed E-state index contributed by atoms with van der Waals surface area (Å²) in [6.45, 7) is 6.02. The van der Waals surface area contributed by atoms with E-state index in [1.807, 2.05) is 25.1 Å². The van der Waals surface area contributed by atoms with E-state index in [-0.39, 0.29) is 5.43 Å². The summed E-state index contributed by atoms with van der Waals surface area (Å²) >= 11 is 0. The minimum absolute atomic E-state index is 0.0562. The summed E-state index contributed by atoms with van der Waals surface area (Å²) in [6, 6.07) is 7.44. The molecule has 0 amide bonds. The Hall–Kier alpha value is -2.36. The highest BCUT2D eigenvalue weighted by molar-refractivity contribution is 5.89. The fraction of sp³-hybridized carbons (Fsp3) is 0.250. The van der Waals surface area contributed by atoms with E-state index in [0.29, 0.717) is 33.8 Å². The molecule has 1 aromatic carbocycles. The van der Waals surface area contributed by atoms with Crippen molar-refractivity contribution in [2.75, 3.05) is 5.73 Å². The van der Waals surface area contributed by atoms with Gasteiger partial charge in [0.15, 0.2) is 0 Å². The van der Waals surface area contributed by atoms with Gasteiger partial charge in [-0.1, -0.05) is 19.9 Å². The molecule has 0 saturated carbocycles. The standard InChI is InChI=1S/C16H16N2O2/c1-8(2)10-4-5-13-11(7-10)14(19)12-6-9(3)15(17)18-16(12)20-13/h4-8H,1-3H3,(H2,17,18). The largest absolute Gasteiger partial charge is 0.437 e. The molecule has 2 aromatic heterocycles. The lowest BCUT2D eigenvalue weighted by molar-refractivity contribution is 0.645. The topological polar surface area (TPSA) is 69.1 Å². The summed E-state index contributed by atoms with van der Waals surface area (Å²) in [7, 11) is 0. The lowest BCUT2D eigenvalue weighted by Gasteiger charge is -2.07. The van der Waals surface area contributed by atoms with E-state index in [1.165, 1.54) is 0 Å². The van der Waals surface area contributed by atoms with E-state index in [2.05, 4.69) is 18.8 Å². The Bertz CT molecular complexity index is 879. The number of aromatic nitrogens is 1. The number of nitrogens with two attached hydrogens (primary N) is 1. The molecule has 4 nitrogen and oxygen atoms in total. The molecule has 102 valence electrons. The highest BCUT2D eigenvalue weighted by Crippen LogP contribution is 2.23. The Balaban J connectivity index is 2.45. The van der Waals surface area contributed by atoms with Gasteiger partial charge in [0.2, 0.25) is 11.1 Å². The fourth-order valence-corrected chi connectivity index (χ4v) is 2.27. The molecule has 3 rings (SSSR count). The maximum absolute atomic E-state index is 12.6. The number of anilines is 1. The maximum Gasteiger partial charge on any atom is 0.232 e. The number of fused-ring (bicyclic) bond motifs is 2. The number of pyridine rings is 1. The van der Waals surface area contributed by atoms with Gasteiger partial charge in [0.05, 0.1) is 10.8 Å². The number of nitrogen functional groups attached to an aromatic ring is 1. The molecule has 0 fully saturated rings. The quantitative estimate of drug-likeness (QED) is 0.687. The lowest BCUT2D eigenvalue weighted by atomic mass is 10.0. The maximum atomic E-state index is 12.6. The first-order valence-corrected chi connectivity index (χ1v) is 6.61. The smallest absolute Gasteiger partial charge is 0.232 e. The first-order valence-electron chi connectivity index (χ1n) is 6.61. The molecule has 4 heteroatoms. The number of hydrogen-bond donors (Lipinski definition) is 1. The molecule has 0 aliphatic carbocycles. The van der Waals surface area contributed by atoms with Gasteiger partial charge in [0.25, 0.3) is 0 Å². The van der Waals surface area contributed by atoms with Crippen LogP contribution < -0.4 is 11.2 Å². The average molecular weight is 268 g/mol. The van der Waals surface area contributed by atoms with Gasteiger partial charge >= 0.3 is 0 Å². The van der Waals surface area contributed by atoms with Crippen molar-refractivity contribution >= 4 is 27.9 Å². The average Bonchev–Trinajstić information content (AvgIpc) is 2.41. The van der Waals surface area contributed by atoms with E-state index >= 15 is 0 Å². The Morgan fingerprint density at radius 3 is 2.65 bits per heavy atom. The van der Waals surface area contributed by atoms with Crippen LogP contribution in [0.2, 0.25) is 0 Å².